The quantitative estimate of drug-likeness (QED) is 0.866. The van der Waals surface area contributed by atoms with Crippen molar-refractivity contribution in [3.8, 4) is 5.75 Å². The molecule has 0 aliphatic rings. The van der Waals surface area contributed by atoms with Crippen molar-refractivity contribution < 1.29 is 27.8 Å². The molecule has 0 fully saturated rings. The summed E-state index contributed by atoms with van der Waals surface area (Å²) < 4.78 is 40.2. The van der Waals surface area contributed by atoms with E-state index in [0.29, 0.717) is 18.5 Å². The Morgan fingerprint density at radius 1 is 1.42 bits per heavy atom. The highest BCUT2D eigenvalue weighted by Crippen LogP contribution is 2.28. The lowest BCUT2D eigenvalue weighted by Gasteiger charge is -2.11. The summed E-state index contributed by atoms with van der Waals surface area (Å²) in [6.07, 6.45) is -1.16. The molecule has 0 atom stereocenters. The van der Waals surface area contributed by atoms with Gasteiger partial charge in [-0.2, -0.15) is 0 Å². The summed E-state index contributed by atoms with van der Waals surface area (Å²) >= 11 is 0. The Labute approximate surface area is 107 Å². The van der Waals surface area contributed by atoms with E-state index in [1.54, 1.807) is 12.2 Å². The number of carboxylic acid groups (broad SMARTS) is 1. The van der Waals surface area contributed by atoms with Crippen molar-refractivity contribution >= 4 is 12.0 Å². The van der Waals surface area contributed by atoms with Gasteiger partial charge in [-0.3, -0.25) is 0 Å². The van der Waals surface area contributed by atoms with Crippen LogP contribution >= 0.6 is 0 Å². The molecule has 4 nitrogen and oxygen atoms in total. The number of hydrogen-bond acceptors (Lipinski definition) is 3. The van der Waals surface area contributed by atoms with Crippen LogP contribution in [0.25, 0.3) is 6.08 Å². The van der Waals surface area contributed by atoms with Gasteiger partial charge in [-0.25, -0.2) is 4.79 Å². The van der Waals surface area contributed by atoms with E-state index >= 15 is 0 Å². The van der Waals surface area contributed by atoms with Crippen LogP contribution < -0.4 is 10.5 Å². The normalized spacial score (nSPS) is 11.8. The number of carbonyl (C=O) groups is 1. The summed E-state index contributed by atoms with van der Waals surface area (Å²) in [6.45, 7) is 0.412. The van der Waals surface area contributed by atoms with Gasteiger partial charge in [0, 0.05) is 0 Å². The summed E-state index contributed by atoms with van der Waals surface area (Å²) in [5.41, 5.74) is 5.12. The van der Waals surface area contributed by atoms with Gasteiger partial charge in [0.1, 0.15) is 11.3 Å². The fourth-order valence-electron chi connectivity index (χ4n) is 1.34. The van der Waals surface area contributed by atoms with Crippen molar-refractivity contribution in [2.75, 3.05) is 6.54 Å². The largest absolute Gasteiger partial charge is 0.573 e. The van der Waals surface area contributed by atoms with Gasteiger partial charge in [-0.05, 0) is 30.7 Å². The van der Waals surface area contributed by atoms with Gasteiger partial charge in [0.2, 0.25) is 0 Å². The van der Waals surface area contributed by atoms with Gasteiger partial charge in [-0.1, -0.05) is 18.2 Å². The number of benzene rings is 1. The molecule has 7 heteroatoms. The first-order chi connectivity index (χ1) is 8.83. The molecule has 0 bridgehead atoms. The molecule has 104 valence electrons. The molecule has 1 rings (SSSR count). The number of ether oxygens (including phenoxy) is 1. The van der Waals surface area contributed by atoms with E-state index < -0.39 is 23.6 Å². The zero-order valence-electron chi connectivity index (χ0n) is 9.78. The first kappa shape index (κ1) is 15.0. The van der Waals surface area contributed by atoms with Crippen LogP contribution in [0.1, 0.15) is 22.3 Å². The maximum absolute atomic E-state index is 12.2. The second-order valence-corrected chi connectivity index (χ2v) is 3.59. The highest BCUT2D eigenvalue weighted by Gasteiger charge is 2.33. The average Bonchev–Trinajstić information content (AvgIpc) is 2.27. The molecule has 3 N–H and O–H groups in total. The lowest BCUT2D eigenvalue weighted by molar-refractivity contribution is -0.274. The van der Waals surface area contributed by atoms with Crippen molar-refractivity contribution in [1.82, 2.24) is 0 Å². The summed E-state index contributed by atoms with van der Waals surface area (Å²) in [5.74, 6) is -2.23. The van der Waals surface area contributed by atoms with Crippen LogP contribution in [0.3, 0.4) is 0 Å². The molecule has 0 spiro atoms. The molecular weight excluding hydrogens is 263 g/mol. The second kappa shape index (κ2) is 6.24. The molecule has 0 unspecified atom stereocenters. The van der Waals surface area contributed by atoms with Crippen LogP contribution in [-0.2, 0) is 0 Å². The number of halogens is 3. The molecule has 0 radical (unpaired) electrons. The molecule has 1 aromatic rings. The fraction of sp³-hybridized carbons (Fsp3) is 0.250. The fourth-order valence-corrected chi connectivity index (χ4v) is 1.34. The lowest BCUT2D eigenvalue weighted by atomic mass is 10.1. The van der Waals surface area contributed by atoms with Gasteiger partial charge < -0.3 is 15.6 Å². The molecule has 0 heterocycles. The van der Waals surface area contributed by atoms with E-state index in [9.17, 15) is 18.0 Å². The topological polar surface area (TPSA) is 72.6 Å². The Bertz CT molecular complexity index is 484. The Morgan fingerprint density at radius 3 is 2.63 bits per heavy atom. The molecule has 1 aromatic carbocycles. The Kier molecular flexibility index (Phi) is 4.94. The summed E-state index contributed by atoms with van der Waals surface area (Å²) in [7, 11) is 0. The molecule has 0 amide bonds. The van der Waals surface area contributed by atoms with Crippen LogP contribution in [0.15, 0.2) is 24.3 Å². The first-order valence-electron chi connectivity index (χ1n) is 5.33. The van der Waals surface area contributed by atoms with E-state index in [-0.39, 0.29) is 0 Å². The molecule has 0 aliphatic carbocycles. The first-order valence-corrected chi connectivity index (χ1v) is 5.33. The third-order valence-electron chi connectivity index (χ3n) is 2.11. The average molecular weight is 275 g/mol. The Balaban J connectivity index is 3.07. The van der Waals surface area contributed by atoms with Crippen molar-refractivity contribution in [2.24, 2.45) is 5.73 Å². The van der Waals surface area contributed by atoms with Crippen LogP contribution in [-0.4, -0.2) is 24.0 Å². The third-order valence-corrected chi connectivity index (χ3v) is 2.11. The van der Waals surface area contributed by atoms with E-state index in [0.717, 1.165) is 12.1 Å². The zero-order valence-corrected chi connectivity index (χ0v) is 9.78. The van der Waals surface area contributed by atoms with Crippen molar-refractivity contribution in [2.45, 2.75) is 12.8 Å². The molecule has 19 heavy (non-hydrogen) atoms. The third kappa shape index (κ3) is 5.01. The minimum atomic E-state index is -4.94. The minimum Gasteiger partial charge on any atom is -0.478 e. The van der Waals surface area contributed by atoms with E-state index in [1.807, 2.05) is 0 Å². The molecule has 0 aromatic heterocycles. The summed E-state index contributed by atoms with van der Waals surface area (Å²) in [5, 5.41) is 8.79. The van der Waals surface area contributed by atoms with Crippen molar-refractivity contribution in [1.29, 1.82) is 0 Å². The monoisotopic (exact) mass is 275 g/mol. The number of alkyl halides is 3. The van der Waals surface area contributed by atoms with Crippen LogP contribution in [0.2, 0.25) is 0 Å². The van der Waals surface area contributed by atoms with Gasteiger partial charge in [0.15, 0.2) is 0 Å². The molecule has 0 aliphatic heterocycles. The number of rotatable bonds is 5. The smallest absolute Gasteiger partial charge is 0.478 e. The summed E-state index contributed by atoms with van der Waals surface area (Å²) in [6, 6.07) is 3.47. The van der Waals surface area contributed by atoms with Gasteiger partial charge in [0.25, 0.3) is 0 Å². The second-order valence-electron chi connectivity index (χ2n) is 3.59. The molecular formula is C12H12F3NO3. The van der Waals surface area contributed by atoms with Gasteiger partial charge in [0.05, 0.1) is 0 Å². The van der Waals surface area contributed by atoms with Crippen molar-refractivity contribution in [3.05, 3.63) is 35.4 Å². The lowest BCUT2D eigenvalue weighted by Crippen LogP contribution is -2.19. The van der Waals surface area contributed by atoms with Crippen LogP contribution in [0, 0.1) is 0 Å². The highest BCUT2D eigenvalue weighted by atomic mass is 19.4. The van der Waals surface area contributed by atoms with Gasteiger partial charge >= 0.3 is 12.3 Å². The number of aromatic carboxylic acids is 1. The van der Waals surface area contributed by atoms with E-state index in [4.69, 9.17) is 10.8 Å². The zero-order chi connectivity index (χ0) is 14.5. The Hall–Kier alpha value is -2.02. The summed E-state index contributed by atoms with van der Waals surface area (Å²) in [4.78, 5) is 10.8. The van der Waals surface area contributed by atoms with E-state index in [2.05, 4.69) is 4.74 Å². The van der Waals surface area contributed by atoms with Crippen LogP contribution in [0.5, 0.6) is 5.75 Å². The molecule has 0 saturated carbocycles. The Morgan fingerprint density at radius 2 is 2.11 bits per heavy atom. The predicted molar refractivity (Wildman–Crippen MR) is 62.8 cm³/mol. The van der Waals surface area contributed by atoms with Crippen molar-refractivity contribution in [3.63, 3.8) is 0 Å². The standard InChI is InChI=1S/C12H12F3NO3/c13-12(14,15)19-10-7-8(3-1-2-6-16)4-5-9(10)11(17)18/h1,3-5,7H,2,6,16H2,(H,17,18). The minimum absolute atomic E-state index is 0.401. The number of nitrogens with two attached hydrogens (primary N) is 1. The molecule has 0 saturated heterocycles. The highest BCUT2D eigenvalue weighted by molar-refractivity contribution is 5.91. The maximum atomic E-state index is 12.2. The maximum Gasteiger partial charge on any atom is 0.573 e. The van der Waals surface area contributed by atoms with Crippen LogP contribution in [0.4, 0.5) is 13.2 Å². The number of hydrogen-bond donors (Lipinski definition) is 2. The van der Waals surface area contributed by atoms with E-state index in [1.165, 1.54) is 6.07 Å². The SMILES string of the molecule is NCCC=Cc1ccc(C(=O)O)c(OC(F)(F)F)c1. The predicted octanol–water partition coefficient (Wildman–Crippen LogP) is 2.65. The number of carboxylic acids is 1. The van der Waals surface area contributed by atoms with Gasteiger partial charge in [-0.15, -0.1) is 13.2 Å².